The quantitative estimate of drug-likeness (QED) is 0.393. The van der Waals surface area contributed by atoms with Crippen LogP contribution in [-0.2, 0) is 23.9 Å². The molecule has 0 heterocycles. The van der Waals surface area contributed by atoms with Crippen molar-refractivity contribution in [2.75, 3.05) is 26.8 Å². The maximum absolute atomic E-state index is 13.2. The van der Waals surface area contributed by atoms with E-state index in [2.05, 4.69) is 15.4 Å². The predicted molar refractivity (Wildman–Crippen MR) is 114 cm³/mol. The zero-order valence-electron chi connectivity index (χ0n) is 18.9. The number of esters is 1. The van der Waals surface area contributed by atoms with Crippen molar-refractivity contribution >= 4 is 23.9 Å². The van der Waals surface area contributed by atoms with E-state index >= 15 is 0 Å². The number of carbonyl (C=O) groups excluding carboxylic acids is 4. The Balaban J connectivity index is 3.24. The minimum atomic E-state index is -1.41. The van der Waals surface area contributed by atoms with Crippen LogP contribution >= 0.6 is 0 Å². The van der Waals surface area contributed by atoms with Gasteiger partial charge >= 0.3 is 12.1 Å². The predicted octanol–water partition coefficient (Wildman–Crippen LogP) is 0.457. The van der Waals surface area contributed by atoms with Gasteiger partial charge in [-0.05, 0) is 33.8 Å². The number of rotatable bonds is 9. The van der Waals surface area contributed by atoms with Crippen LogP contribution in [0.15, 0.2) is 24.3 Å². The monoisotopic (exact) mass is 453 g/mol. The molecule has 0 aromatic heterocycles. The molecule has 11 heteroatoms. The smallest absolute Gasteiger partial charge is 0.408 e. The molecule has 0 bridgehead atoms. The molecular weight excluding hydrogens is 422 g/mol. The molecule has 178 valence electrons. The molecule has 2 unspecified atom stereocenters. The summed E-state index contributed by atoms with van der Waals surface area (Å²) in [5, 5.41) is 24.7. The molecule has 1 rings (SSSR count). The second-order valence-electron chi connectivity index (χ2n) is 7.76. The van der Waals surface area contributed by atoms with Gasteiger partial charge in [-0.25, -0.2) is 4.79 Å². The molecule has 11 nitrogen and oxygen atoms in total. The molecule has 32 heavy (non-hydrogen) atoms. The normalized spacial score (nSPS) is 12.8. The Hall–Kier alpha value is -3.34. The van der Waals surface area contributed by atoms with Gasteiger partial charge in [0.05, 0.1) is 13.7 Å². The SMILES string of the molecule is CCN(C(=O)C(CO)NC(=O)OC(C)(C)C)C(C(=O)NCC(=O)OC)c1ccccc1O. The van der Waals surface area contributed by atoms with Crippen molar-refractivity contribution < 1.29 is 38.9 Å². The van der Waals surface area contributed by atoms with Gasteiger partial charge in [0, 0.05) is 12.1 Å². The zero-order valence-corrected chi connectivity index (χ0v) is 18.9. The van der Waals surface area contributed by atoms with E-state index in [0.29, 0.717) is 0 Å². The second-order valence-corrected chi connectivity index (χ2v) is 7.76. The van der Waals surface area contributed by atoms with Crippen molar-refractivity contribution in [1.29, 1.82) is 0 Å². The highest BCUT2D eigenvalue weighted by atomic mass is 16.6. The average Bonchev–Trinajstić information content (AvgIpc) is 2.72. The number of benzene rings is 1. The van der Waals surface area contributed by atoms with E-state index in [1.54, 1.807) is 39.8 Å². The largest absolute Gasteiger partial charge is 0.508 e. The van der Waals surface area contributed by atoms with Crippen LogP contribution < -0.4 is 10.6 Å². The van der Waals surface area contributed by atoms with Crippen LogP contribution in [0.25, 0.3) is 0 Å². The number of nitrogens with one attached hydrogen (secondary N) is 2. The molecule has 0 fully saturated rings. The number of aromatic hydroxyl groups is 1. The van der Waals surface area contributed by atoms with Crippen molar-refractivity contribution in [2.45, 2.75) is 45.4 Å². The van der Waals surface area contributed by atoms with Gasteiger partial charge in [-0.15, -0.1) is 0 Å². The van der Waals surface area contributed by atoms with E-state index in [0.717, 1.165) is 12.0 Å². The number of para-hydroxylation sites is 1. The Labute approximate surface area is 186 Å². The van der Waals surface area contributed by atoms with E-state index in [9.17, 15) is 29.4 Å². The summed E-state index contributed by atoms with van der Waals surface area (Å²) in [6.07, 6.45) is -0.921. The summed E-state index contributed by atoms with van der Waals surface area (Å²) in [4.78, 5) is 50.7. The third kappa shape index (κ3) is 7.73. The fraction of sp³-hybridized carbons (Fsp3) is 0.524. The minimum Gasteiger partial charge on any atom is -0.508 e. The number of carbonyl (C=O) groups is 4. The number of amides is 3. The topological polar surface area (TPSA) is 154 Å². The molecule has 0 saturated heterocycles. The second kappa shape index (κ2) is 11.9. The number of hydrogen-bond acceptors (Lipinski definition) is 8. The Morgan fingerprint density at radius 3 is 2.28 bits per heavy atom. The van der Waals surface area contributed by atoms with Crippen molar-refractivity contribution in [3.05, 3.63) is 29.8 Å². The highest BCUT2D eigenvalue weighted by Crippen LogP contribution is 2.29. The van der Waals surface area contributed by atoms with Gasteiger partial charge in [-0.3, -0.25) is 14.4 Å². The van der Waals surface area contributed by atoms with E-state index in [4.69, 9.17) is 4.74 Å². The van der Waals surface area contributed by atoms with E-state index in [1.165, 1.54) is 12.1 Å². The van der Waals surface area contributed by atoms with Crippen molar-refractivity contribution in [1.82, 2.24) is 15.5 Å². The molecule has 0 spiro atoms. The van der Waals surface area contributed by atoms with E-state index in [-0.39, 0.29) is 17.9 Å². The lowest BCUT2D eigenvalue weighted by atomic mass is 10.0. The molecule has 3 amide bonds. The first-order valence-corrected chi connectivity index (χ1v) is 9.98. The summed E-state index contributed by atoms with van der Waals surface area (Å²) in [5.74, 6) is -2.51. The summed E-state index contributed by atoms with van der Waals surface area (Å²) in [5.41, 5.74) is -0.733. The molecule has 2 atom stereocenters. The fourth-order valence-electron chi connectivity index (χ4n) is 2.80. The van der Waals surface area contributed by atoms with Crippen LogP contribution in [-0.4, -0.2) is 77.4 Å². The summed E-state index contributed by atoms with van der Waals surface area (Å²) in [6.45, 7) is 5.27. The van der Waals surface area contributed by atoms with Gasteiger partial charge in [-0.1, -0.05) is 18.2 Å². The lowest BCUT2D eigenvalue weighted by Crippen LogP contribution is -2.54. The number of phenolic OH excluding ortho intramolecular Hbond substituents is 1. The molecular formula is C21H31N3O8. The van der Waals surface area contributed by atoms with Gasteiger partial charge in [0.15, 0.2) is 0 Å². The van der Waals surface area contributed by atoms with Crippen LogP contribution in [0.5, 0.6) is 5.75 Å². The van der Waals surface area contributed by atoms with Crippen LogP contribution in [0.4, 0.5) is 4.79 Å². The number of ether oxygens (including phenoxy) is 2. The van der Waals surface area contributed by atoms with Crippen LogP contribution in [0.1, 0.15) is 39.3 Å². The Morgan fingerprint density at radius 1 is 1.16 bits per heavy atom. The number of hydrogen-bond donors (Lipinski definition) is 4. The molecule has 0 aliphatic heterocycles. The maximum atomic E-state index is 13.2. The van der Waals surface area contributed by atoms with Crippen molar-refractivity contribution in [2.24, 2.45) is 0 Å². The average molecular weight is 453 g/mol. The van der Waals surface area contributed by atoms with Crippen LogP contribution in [0.3, 0.4) is 0 Å². The molecule has 0 aliphatic carbocycles. The fourth-order valence-corrected chi connectivity index (χ4v) is 2.80. The third-order valence-corrected chi connectivity index (χ3v) is 4.22. The van der Waals surface area contributed by atoms with Crippen molar-refractivity contribution in [3.8, 4) is 5.75 Å². The molecule has 0 aliphatic rings. The summed E-state index contributed by atoms with van der Waals surface area (Å²) >= 11 is 0. The van der Waals surface area contributed by atoms with Crippen molar-refractivity contribution in [3.63, 3.8) is 0 Å². The third-order valence-electron chi connectivity index (χ3n) is 4.22. The Kier molecular flexibility index (Phi) is 9.92. The first kappa shape index (κ1) is 26.7. The van der Waals surface area contributed by atoms with Gasteiger partial charge in [0.1, 0.15) is 30.0 Å². The Bertz CT molecular complexity index is 822. The van der Waals surface area contributed by atoms with Crippen LogP contribution in [0, 0.1) is 0 Å². The highest BCUT2D eigenvalue weighted by molar-refractivity contribution is 5.93. The molecule has 1 aromatic rings. The zero-order chi connectivity index (χ0) is 24.5. The van der Waals surface area contributed by atoms with E-state index in [1.807, 2.05) is 0 Å². The molecule has 0 saturated carbocycles. The standard InChI is InChI=1S/C21H31N3O8/c1-6-24(19(29)14(12-25)23-20(30)32-21(2,3)4)17(13-9-7-8-10-15(13)26)18(28)22-11-16(27)31-5/h7-10,14,17,25-26H,6,11-12H2,1-5H3,(H,22,28)(H,23,30). The number of methoxy groups -OCH3 is 1. The van der Waals surface area contributed by atoms with Crippen LogP contribution in [0.2, 0.25) is 0 Å². The molecule has 1 aromatic carbocycles. The first-order chi connectivity index (χ1) is 14.9. The molecule has 0 radical (unpaired) electrons. The summed E-state index contributed by atoms with van der Waals surface area (Å²) in [7, 11) is 1.16. The number of likely N-dealkylation sites (N-methyl/N-ethyl adjacent to an activating group) is 1. The number of aliphatic hydroxyl groups is 1. The minimum absolute atomic E-state index is 0.0179. The summed E-state index contributed by atoms with van der Waals surface area (Å²) < 4.78 is 9.63. The lowest BCUT2D eigenvalue weighted by molar-refractivity contribution is -0.145. The van der Waals surface area contributed by atoms with Gasteiger partial charge in [0.25, 0.3) is 0 Å². The number of nitrogens with zero attached hydrogens (tertiary/aromatic N) is 1. The van der Waals surface area contributed by atoms with Gasteiger partial charge in [0.2, 0.25) is 11.8 Å². The Morgan fingerprint density at radius 2 is 1.78 bits per heavy atom. The summed E-state index contributed by atoms with van der Waals surface area (Å²) in [6, 6.07) is 3.14. The number of aliphatic hydroxyl groups excluding tert-OH is 1. The lowest BCUT2D eigenvalue weighted by Gasteiger charge is -2.33. The number of alkyl carbamates (subject to hydrolysis) is 1. The first-order valence-electron chi connectivity index (χ1n) is 9.98. The number of phenols is 1. The van der Waals surface area contributed by atoms with Gasteiger partial charge in [-0.2, -0.15) is 0 Å². The van der Waals surface area contributed by atoms with Gasteiger partial charge < -0.3 is 35.2 Å². The molecule has 4 N–H and O–H groups in total. The van der Waals surface area contributed by atoms with E-state index < -0.39 is 54.7 Å². The maximum Gasteiger partial charge on any atom is 0.408 e. The highest BCUT2D eigenvalue weighted by Gasteiger charge is 2.36.